The Morgan fingerprint density at radius 3 is 2.71 bits per heavy atom. The third-order valence-electron chi connectivity index (χ3n) is 2.13. The maximum absolute atomic E-state index is 12.7. The van der Waals surface area contributed by atoms with Crippen LogP contribution in [0.3, 0.4) is 0 Å². The Bertz CT molecular complexity index is 473. The number of hydrogen-bond donors (Lipinski definition) is 1. The first-order valence-electron chi connectivity index (χ1n) is 4.65. The van der Waals surface area contributed by atoms with E-state index in [-0.39, 0.29) is 10.9 Å². The number of ether oxygens (including phenoxy) is 1. The quantitative estimate of drug-likeness (QED) is 0.683. The molecule has 0 fully saturated rings. The fraction of sp³-hybridized carbons (Fsp3) is 0.400. The van der Waals surface area contributed by atoms with Gasteiger partial charge in [-0.25, -0.2) is 8.78 Å². The van der Waals surface area contributed by atoms with Crippen molar-refractivity contribution in [1.29, 1.82) is 0 Å². The lowest BCUT2D eigenvalue weighted by Gasteiger charge is -2.09. The number of rotatable bonds is 4. The molecular weight excluding hydrogens is 300 g/mol. The number of esters is 1. The van der Waals surface area contributed by atoms with Crippen LogP contribution in [-0.2, 0) is 21.3 Å². The van der Waals surface area contributed by atoms with Gasteiger partial charge in [-0.3, -0.25) is 9.59 Å². The maximum atomic E-state index is 12.7. The second kappa shape index (κ2) is 5.90. The van der Waals surface area contributed by atoms with Crippen molar-refractivity contribution in [3.8, 4) is 0 Å². The van der Waals surface area contributed by atoms with E-state index in [0.717, 1.165) is 7.11 Å². The molecule has 1 N–H and O–H groups in total. The number of carbonyl (C=O) groups excluding carboxylic acids is 1. The van der Waals surface area contributed by atoms with E-state index in [1.165, 1.54) is 6.07 Å². The summed E-state index contributed by atoms with van der Waals surface area (Å²) in [4.78, 5) is 25.1. The van der Waals surface area contributed by atoms with Crippen molar-refractivity contribution >= 4 is 21.9 Å². The average Bonchev–Trinajstić information content (AvgIpc) is 2.30. The summed E-state index contributed by atoms with van der Waals surface area (Å²) in [5, 5.41) is 0.250. The summed E-state index contributed by atoms with van der Waals surface area (Å²) in [6, 6.07) is 1.18. The molecule has 1 aromatic rings. The number of carbonyl (C=O) groups is 1. The molecule has 0 aromatic carbocycles. The Morgan fingerprint density at radius 2 is 2.24 bits per heavy atom. The van der Waals surface area contributed by atoms with Gasteiger partial charge in [0.1, 0.15) is 0 Å². The largest absolute Gasteiger partial charge is 0.469 e. The van der Waals surface area contributed by atoms with E-state index >= 15 is 0 Å². The van der Waals surface area contributed by atoms with Crippen LogP contribution < -0.4 is 5.43 Å². The minimum atomic E-state index is -2.85. The second-order valence-corrected chi connectivity index (χ2v) is 3.80. The number of methoxy groups -OCH3 is 1. The highest BCUT2D eigenvalue weighted by atomic mass is 79.9. The molecule has 1 rings (SSSR count). The van der Waals surface area contributed by atoms with E-state index in [2.05, 4.69) is 25.7 Å². The van der Waals surface area contributed by atoms with Crippen LogP contribution in [0.1, 0.15) is 23.4 Å². The third kappa shape index (κ3) is 3.36. The first kappa shape index (κ1) is 13.8. The minimum Gasteiger partial charge on any atom is -0.469 e. The number of aromatic nitrogens is 1. The number of alkyl halides is 3. The van der Waals surface area contributed by atoms with Crippen LogP contribution in [0.25, 0.3) is 0 Å². The van der Waals surface area contributed by atoms with Crippen LogP contribution in [0.2, 0.25) is 0 Å². The average molecular weight is 310 g/mol. The molecule has 0 spiro atoms. The molecule has 0 unspecified atom stereocenters. The SMILES string of the molecule is COC(=O)Cc1c(C(F)F)[nH]c(CBr)cc1=O. The topological polar surface area (TPSA) is 59.2 Å². The van der Waals surface area contributed by atoms with Gasteiger partial charge in [0, 0.05) is 22.7 Å². The van der Waals surface area contributed by atoms with Crippen molar-refractivity contribution in [3.63, 3.8) is 0 Å². The standard InChI is InChI=1S/C10H10BrF2NO3/c1-17-8(16)3-6-7(15)2-5(4-11)14-9(6)10(12)13/h2,10H,3-4H2,1H3,(H,14,15). The number of aromatic amines is 1. The van der Waals surface area contributed by atoms with Crippen molar-refractivity contribution in [2.24, 2.45) is 0 Å². The molecule has 1 aromatic heterocycles. The van der Waals surface area contributed by atoms with E-state index in [0.29, 0.717) is 5.69 Å². The Labute approximate surface area is 104 Å². The van der Waals surface area contributed by atoms with Gasteiger partial charge in [-0.05, 0) is 0 Å². The molecule has 0 aliphatic rings. The lowest BCUT2D eigenvalue weighted by Crippen LogP contribution is -2.19. The highest BCUT2D eigenvalue weighted by Crippen LogP contribution is 2.20. The summed E-state index contributed by atoms with van der Waals surface area (Å²) in [5.74, 6) is -0.732. The van der Waals surface area contributed by atoms with Gasteiger partial charge in [-0.15, -0.1) is 0 Å². The van der Waals surface area contributed by atoms with Gasteiger partial charge in [0.05, 0.1) is 19.2 Å². The molecule has 7 heteroatoms. The summed E-state index contributed by atoms with van der Waals surface area (Å²) in [6.45, 7) is 0. The fourth-order valence-electron chi connectivity index (χ4n) is 1.32. The molecule has 0 aliphatic heterocycles. The van der Waals surface area contributed by atoms with Gasteiger partial charge in [-0.2, -0.15) is 0 Å². The zero-order chi connectivity index (χ0) is 13.0. The second-order valence-electron chi connectivity index (χ2n) is 3.24. The first-order chi connectivity index (χ1) is 7.99. The number of nitrogens with one attached hydrogen (secondary N) is 1. The molecule has 0 radical (unpaired) electrons. The Hall–Kier alpha value is -1.24. The predicted octanol–water partition coefficient (Wildman–Crippen LogP) is 1.92. The maximum Gasteiger partial charge on any atom is 0.310 e. The molecule has 4 nitrogen and oxygen atoms in total. The summed E-state index contributed by atoms with van der Waals surface area (Å²) in [5.41, 5.74) is -1.05. The molecule has 1 heterocycles. The van der Waals surface area contributed by atoms with Crippen LogP contribution in [0.5, 0.6) is 0 Å². The van der Waals surface area contributed by atoms with Gasteiger partial charge in [-0.1, -0.05) is 15.9 Å². The van der Waals surface area contributed by atoms with Crippen molar-refractivity contribution in [2.45, 2.75) is 18.2 Å². The Morgan fingerprint density at radius 1 is 1.59 bits per heavy atom. The molecule has 0 atom stereocenters. The highest BCUT2D eigenvalue weighted by molar-refractivity contribution is 9.08. The summed E-state index contributed by atoms with van der Waals surface area (Å²) in [7, 11) is 1.13. The number of hydrogen-bond acceptors (Lipinski definition) is 3. The van der Waals surface area contributed by atoms with E-state index in [4.69, 9.17) is 0 Å². The highest BCUT2D eigenvalue weighted by Gasteiger charge is 2.20. The molecule has 0 amide bonds. The van der Waals surface area contributed by atoms with Gasteiger partial charge >= 0.3 is 5.97 Å². The van der Waals surface area contributed by atoms with Crippen molar-refractivity contribution in [2.75, 3.05) is 7.11 Å². The molecule has 0 saturated carbocycles. The summed E-state index contributed by atoms with van der Waals surface area (Å²) in [6.07, 6.45) is -3.31. The summed E-state index contributed by atoms with van der Waals surface area (Å²) < 4.78 is 29.8. The van der Waals surface area contributed by atoms with E-state index in [1.54, 1.807) is 0 Å². The zero-order valence-corrected chi connectivity index (χ0v) is 10.5. The van der Waals surface area contributed by atoms with Gasteiger partial charge < -0.3 is 9.72 Å². The van der Waals surface area contributed by atoms with Gasteiger partial charge in [0.25, 0.3) is 6.43 Å². The van der Waals surface area contributed by atoms with Crippen molar-refractivity contribution < 1.29 is 18.3 Å². The van der Waals surface area contributed by atoms with Crippen LogP contribution in [0.4, 0.5) is 8.78 Å². The Kier molecular flexibility index (Phi) is 4.80. The Balaban J connectivity index is 3.27. The first-order valence-corrected chi connectivity index (χ1v) is 5.77. The predicted molar refractivity (Wildman–Crippen MR) is 60.4 cm³/mol. The van der Waals surface area contributed by atoms with E-state index in [1.807, 2.05) is 0 Å². The normalized spacial score (nSPS) is 10.6. The summed E-state index contributed by atoms with van der Waals surface area (Å²) >= 11 is 3.06. The number of pyridine rings is 1. The molecular formula is C10H10BrF2NO3. The molecule has 0 saturated heterocycles. The molecule has 94 valence electrons. The van der Waals surface area contributed by atoms with E-state index < -0.39 is 29.9 Å². The van der Waals surface area contributed by atoms with Crippen LogP contribution in [0, 0.1) is 0 Å². The monoisotopic (exact) mass is 309 g/mol. The van der Waals surface area contributed by atoms with Gasteiger partial charge in [0.15, 0.2) is 5.43 Å². The molecule has 0 bridgehead atoms. The van der Waals surface area contributed by atoms with Crippen LogP contribution >= 0.6 is 15.9 Å². The number of halogens is 3. The van der Waals surface area contributed by atoms with Crippen LogP contribution in [-0.4, -0.2) is 18.1 Å². The number of H-pyrrole nitrogens is 1. The molecule has 0 aliphatic carbocycles. The van der Waals surface area contributed by atoms with Crippen molar-refractivity contribution in [1.82, 2.24) is 4.98 Å². The van der Waals surface area contributed by atoms with E-state index in [9.17, 15) is 18.4 Å². The third-order valence-corrected chi connectivity index (χ3v) is 2.74. The van der Waals surface area contributed by atoms with Crippen molar-refractivity contribution in [3.05, 3.63) is 33.2 Å². The zero-order valence-electron chi connectivity index (χ0n) is 8.93. The smallest absolute Gasteiger partial charge is 0.310 e. The van der Waals surface area contributed by atoms with Gasteiger partial charge in [0.2, 0.25) is 0 Å². The minimum absolute atomic E-state index is 0.250. The lowest BCUT2D eigenvalue weighted by molar-refractivity contribution is -0.139. The molecule has 17 heavy (non-hydrogen) atoms. The fourth-order valence-corrected chi connectivity index (χ4v) is 1.62. The van der Waals surface area contributed by atoms with Crippen LogP contribution in [0.15, 0.2) is 10.9 Å². The lowest BCUT2D eigenvalue weighted by atomic mass is 10.1.